The largest absolute Gasteiger partial charge is 0.489 e. The fourth-order valence-electron chi connectivity index (χ4n) is 2.15. The van der Waals surface area contributed by atoms with Gasteiger partial charge in [-0.25, -0.2) is 4.79 Å². The molecule has 3 heteroatoms. The highest BCUT2D eigenvalue weighted by atomic mass is 16.5. The van der Waals surface area contributed by atoms with Crippen molar-refractivity contribution in [2.45, 2.75) is 31.7 Å². The second-order valence-electron chi connectivity index (χ2n) is 4.86. The van der Waals surface area contributed by atoms with E-state index in [2.05, 4.69) is 11.6 Å². The standard InChI is InChI=1S/C15H17NO2/c1-12(2)10-18-14-6-3-5-13(9-14)15(16-11-17)7-4-8-15/h3,5-6,9H,1,4,7-8,10H2,2H3. The molecule has 0 saturated heterocycles. The molecule has 1 aromatic carbocycles. The monoisotopic (exact) mass is 243 g/mol. The lowest BCUT2D eigenvalue weighted by Crippen LogP contribution is -2.31. The first-order valence-corrected chi connectivity index (χ1v) is 6.13. The highest BCUT2D eigenvalue weighted by molar-refractivity contribution is 5.41. The average molecular weight is 243 g/mol. The third kappa shape index (κ3) is 2.52. The summed E-state index contributed by atoms with van der Waals surface area (Å²) in [6.45, 7) is 6.24. The van der Waals surface area contributed by atoms with Crippen LogP contribution in [0, 0.1) is 0 Å². The molecule has 18 heavy (non-hydrogen) atoms. The van der Waals surface area contributed by atoms with E-state index in [0.717, 1.165) is 36.1 Å². The van der Waals surface area contributed by atoms with Gasteiger partial charge in [0, 0.05) is 0 Å². The lowest BCUT2D eigenvalue weighted by atomic mass is 9.72. The zero-order valence-electron chi connectivity index (χ0n) is 10.6. The Labute approximate surface area is 107 Å². The molecule has 0 amide bonds. The van der Waals surface area contributed by atoms with Crippen LogP contribution in [0.3, 0.4) is 0 Å². The van der Waals surface area contributed by atoms with E-state index >= 15 is 0 Å². The Hall–Kier alpha value is -1.86. The number of rotatable bonds is 5. The molecule has 3 nitrogen and oxygen atoms in total. The molecule has 0 aromatic heterocycles. The van der Waals surface area contributed by atoms with E-state index in [-0.39, 0.29) is 5.54 Å². The smallest absolute Gasteiger partial charge is 0.235 e. The lowest BCUT2D eigenvalue weighted by Gasteiger charge is -2.37. The van der Waals surface area contributed by atoms with Crippen LogP contribution >= 0.6 is 0 Å². The number of hydrogen-bond acceptors (Lipinski definition) is 3. The summed E-state index contributed by atoms with van der Waals surface area (Å²) in [4.78, 5) is 14.5. The van der Waals surface area contributed by atoms with Gasteiger partial charge in [0.05, 0.1) is 5.54 Å². The molecule has 1 aromatic rings. The normalized spacial score (nSPS) is 16.3. The maximum Gasteiger partial charge on any atom is 0.235 e. The molecule has 0 bridgehead atoms. The van der Waals surface area contributed by atoms with Gasteiger partial charge in [-0.15, -0.1) is 0 Å². The van der Waals surface area contributed by atoms with Gasteiger partial charge >= 0.3 is 0 Å². The number of benzene rings is 1. The quantitative estimate of drug-likeness (QED) is 0.452. The van der Waals surface area contributed by atoms with E-state index in [0.29, 0.717) is 6.61 Å². The van der Waals surface area contributed by atoms with E-state index in [1.165, 1.54) is 0 Å². The molecule has 1 saturated carbocycles. The number of aliphatic imine (C=N–C) groups is 1. The minimum absolute atomic E-state index is 0.357. The van der Waals surface area contributed by atoms with Gasteiger partial charge in [-0.3, -0.25) is 0 Å². The summed E-state index contributed by atoms with van der Waals surface area (Å²) in [6, 6.07) is 7.80. The van der Waals surface area contributed by atoms with Gasteiger partial charge in [0.25, 0.3) is 0 Å². The molecule has 2 rings (SSSR count). The Morgan fingerprint density at radius 2 is 2.33 bits per heavy atom. The van der Waals surface area contributed by atoms with Gasteiger partial charge in [0.1, 0.15) is 12.4 Å². The van der Waals surface area contributed by atoms with Crippen molar-refractivity contribution in [2.24, 2.45) is 4.99 Å². The summed E-state index contributed by atoms with van der Waals surface area (Å²) in [6.07, 6.45) is 4.62. The maximum atomic E-state index is 10.6. The highest BCUT2D eigenvalue weighted by Gasteiger charge is 2.38. The Balaban J connectivity index is 2.21. The fourth-order valence-corrected chi connectivity index (χ4v) is 2.15. The SMILES string of the molecule is C=C(C)COc1cccc(C2(N=C=O)CCC2)c1. The molecule has 1 aliphatic carbocycles. The molecular weight excluding hydrogens is 226 g/mol. The summed E-state index contributed by atoms with van der Waals surface area (Å²) < 4.78 is 5.61. The predicted octanol–water partition coefficient (Wildman–Crippen LogP) is 3.36. The Morgan fingerprint density at radius 3 is 2.89 bits per heavy atom. The van der Waals surface area contributed by atoms with Crippen molar-refractivity contribution in [2.75, 3.05) is 6.61 Å². The minimum atomic E-state index is -0.357. The van der Waals surface area contributed by atoms with Gasteiger partial charge in [-0.2, -0.15) is 4.99 Å². The van der Waals surface area contributed by atoms with Crippen LogP contribution in [0.4, 0.5) is 0 Å². The van der Waals surface area contributed by atoms with Crippen molar-refractivity contribution in [1.82, 2.24) is 0 Å². The first kappa shape index (κ1) is 12.6. The third-order valence-corrected chi connectivity index (χ3v) is 3.30. The number of isocyanates is 1. The topological polar surface area (TPSA) is 38.7 Å². The molecule has 0 unspecified atom stereocenters. The van der Waals surface area contributed by atoms with Crippen LogP contribution in [0.25, 0.3) is 0 Å². The van der Waals surface area contributed by atoms with Crippen LogP contribution in [0.1, 0.15) is 31.7 Å². The van der Waals surface area contributed by atoms with Crippen molar-refractivity contribution in [3.05, 3.63) is 42.0 Å². The number of ether oxygens (including phenoxy) is 1. The van der Waals surface area contributed by atoms with E-state index in [4.69, 9.17) is 4.74 Å². The Kier molecular flexibility index (Phi) is 3.63. The van der Waals surface area contributed by atoms with E-state index < -0.39 is 0 Å². The Bertz CT molecular complexity index is 497. The van der Waals surface area contributed by atoms with E-state index in [9.17, 15) is 4.79 Å². The summed E-state index contributed by atoms with van der Waals surface area (Å²) >= 11 is 0. The number of carbonyl (C=O) groups excluding carboxylic acids is 1. The van der Waals surface area contributed by atoms with Crippen molar-refractivity contribution in [1.29, 1.82) is 0 Å². The van der Waals surface area contributed by atoms with Crippen molar-refractivity contribution >= 4 is 6.08 Å². The van der Waals surface area contributed by atoms with E-state index in [1.807, 2.05) is 31.2 Å². The summed E-state index contributed by atoms with van der Waals surface area (Å²) in [7, 11) is 0. The molecule has 0 atom stereocenters. The third-order valence-electron chi connectivity index (χ3n) is 3.30. The van der Waals surface area contributed by atoms with Gasteiger partial charge < -0.3 is 4.74 Å². The van der Waals surface area contributed by atoms with Crippen LogP contribution in [0.2, 0.25) is 0 Å². The number of nitrogens with zero attached hydrogens (tertiary/aromatic N) is 1. The molecule has 1 aliphatic rings. The molecule has 0 aliphatic heterocycles. The molecule has 0 heterocycles. The van der Waals surface area contributed by atoms with Gasteiger partial charge in [0.15, 0.2) is 0 Å². The van der Waals surface area contributed by atoms with Crippen LogP contribution in [0.5, 0.6) is 5.75 Å². The second kappa shape index (κ2) is 5.19. The summed E-state index contributed by atoms with van der Waals surface area (Å²) in [5, 5.41) is 0. The van der Waals surface area contributed by atoms with Crippen LogP contribution < -0.4 is 4.74 Å². The Morgan fingerprint density at radius 1 is 1.56 bits per heavy atom. The molecular formula is C15H17NO2. The van der Waals surface area contributed by atoms with Crippen molar-refractivity contribution in [3.8, 4) is 5.75 Å². The summed E-state index contributed by atoms with van der Waals surface area (Å²) in [5.74, 6) is 0.794. The van der Waals surface area contributed by atoms with Crippen molar-refractivity contribution in [3.63, 3.8) is 0 Å². The molecule has 0 spiro atoms. The average Bonchev–Trinajstić information content (AvgIpc) is 2.31. The maximum absolute atomic E-state index is 10.6. The fraction of sp³-hybridized carbons (Fsp3) is 0.400. The highest BCUT2D eigenvalue weighted by Crippen LogP contribution is 2.45. The van der Waals surface area contributed by atoms with Crippen molar-refractivity contribution < 1.29 is 9.53 Å². The van der Waals surface area contributed by atoms with Gasteiger partial charge in [-0.05, 0) is 49.5 Å². The van der Waals surface area contributed by atoms with Gasteiger partial charge in [0.2, 0.25) is 6.08 Å². The first-order chi connectivity index (χ1) is 8.66. The van der Waals surface area contributed by atoms with Crippen LogP contribution in [-0.4, -0.2) is 12.7 Å². The first-order valence-electron chi connectivity index (χ1n) is 6.13. The van der Waals surface area contributed by atoms with Gasteiger partial charge in [-0.1, -0.05) is 18.7 Å². The minimum Gasteiger partial charge on any atom is -0.489 e. The molecule has 0 N–H and O–H groups in total. The molecule has 0 radical (unpaired) electrons. The molecule has 94 valence electrons. The van der Waals surface area contributed by atoms with Crippen LogP contribution in [0.15, 0.2) is 41.4 Å². The summed E-state index contributed by atoms with van der Waals surface area (Å²) in [5.41, 5.74) is 1.66. The molecule has 1 fully saturated rings. The lowest BCUT2D eigenvalue weighted by molar-refractivity contribution is 0.254. The second-order valence-corrected chi connectivity index (χ2v) is 4.86. The predicted molar refractivity (Wildman–Crippen MR) is 70.4 cm³/mol. The van der Waals surface area contributed by atoms with Crippen LogP contribution in [-0.2, 0) is 10.3 Å². The zero-order valence-corrected chi connectivity index (χ0v) is 10.6. The van der Waals surface area contributed by atoms with E-state index in [1.54, 1.807) is 6.08 Å². The zero-order chi connectivity index (χ0) is 13.0. The number of hydrogen-bond donors (Lipinski definition) is 0.